The lowest BCUT2D eigenvalue weighted by atomic mass is 10.1. The predicted molar refractivity (Wildman–Crippen MR) is 103 cm³/mol. The van der Waals surface area contributed by atoms with Crippen LogP contribution < -0.4 is 20.1 Å². The van der Waals surface area contributed by atoms with Crippen LogP contribution in [0, 0.1) is 6.92 Å². The second kappa shape index (κ2) is 10.2. The third-order valence-electron chi connectivity index (χ3n) is 3.75. The minimum absolute atomic E-state index is 0.580. The number of aryl methyl sites for hydroxylation is 1. The first kappa shape index (κ1) is 18.6. The van der Waals surface area contributed by atoms with Crippen molar-refractivity contribution in [1.29, 1.82) is 0 Å². The van der Waals surface area contributed by atoms with Gasteiger partial charge in [0, 0.05) is 13.6 Å². The van der Waals surface area contributed by atoms with Crippen molar-refractivity contribution in [3.8, 4) is 11.5 Å². The molecule has 134 valence electrons. The highest BCUT2D eigenvalue weighted by Gasteiger charge is 2.04. The number of aliphatic imine (C=N–C) groups is 1. The van der Waals surface area contributed by atoms with Gasteiger partial charge in [-0.1, -0.05) is 35.9 Å². The molecule has 2 rings (SSSR count). The van der Waals surface area contributed by atoms with Gasteiger partial charge < -0.3 is 20.1 Å². The number of guanidine groups is 1. The minimum Gasteiger partial charge on any atom is -0.496 e. The number of benzene rings is 2. The maximum atomic E-state index is 5.66. The molecule has 0 fully saturated rings. The van der Waals surface area contributed by atoms with E-state index in [-0.39, 0.29) is 0 Å². The quantitative estimate of drug-likeness (QED) is 0.440. The summed E-state index contributed by atoms with van der Waals surface area (Å²) in [5, 5.41) is 6.56. The van der Waals surface area contributed by atoms with E-state index in [2.05, 4.69) is 34.7 Å². The third kappa shape index (κ3) is 6.37. The minimum atomic E-state index is 0.580. The topological polar surface area (TPSA) is 54.9 Å². The Kier molecular flexibility index (Phi) is 7.63. The van der Waals surface area contributed by atoms with E-state index in [0.717, 1.165) is 30.4 Å². The van der Waals surface area contributed by atoms with E-state index in [1.54, 1.807) is 14.2 Å². The van der Waals surface area contributed by atoms with Gasteiger partial charge in [0.05, 0.1) is 13.7 Å². The Bertz CT molecular complexity index is 672. The van der Waals surface area contributed by atoms with Crippen LogP contribution in [0.2, 0.25) is 0 Å². The molecule has 2 N–H and O–H groups in total. The van der Waals surface area contributed by atoms with Gasteiger partial charge in [0.1, 0.15) is 18.1 Å². The SMILES string of the molecule is CN=C(NCCOc1ccccc1)NCCc1cc(C)ccc1OC. The van der Waals surface area contributed by atoms with Crippen LogP contribution in [0.15, 0.2) is 53.5 Å². The highest BCUT2D eigenvalue weighted by atomic mass is 16.5. The molecule has 25 heavy (non-hydrogen) atoms. The number of para-hydroxylation sites is 1. The highest BCUT2D eigenvalue weighted by Crippen LogP contribution is 2.19. The van der Waals surface area contributed by atoms with Crippen molar-refractivity contribution in [1.82, 2.24) is 10.6 Å². The zero-order chi connectivity index (χ0) is 17.9. The summed E-state index contributed by atoms with van der Waals surface area (Å²) in [5.74, 6) is 2.56. The summed E-state index contributed by atoms with van der Waals surface area (Å²) in [7, 11) is 3.47. The predicted octanol–water partition coefficient (Wildman–Crippen LogP) is 2.79. The molecule has 0 radical (unpaired) electrons. The van der Waals surface area contributed by atoms with E-state index in [1.165, 1.54) is 11.1 Å². The van der Waals surface area contributed by atoms with Crippen molar-refractivity contribution in [2.45, 2.75) is 13.3 Å². The Balaban J connectivity index is 1.71. The van der Waals surface area contributed by atoms with Gasteiger partial charge in [0.15, 0.2) is 5.96 Å². The Hall–Kier alpha value is -2.69. The van der Waals surface area contributed by atoms with E-state index in [9.17, 15) is 0 Å². The summed E-state index contributed by atoms with van der Waals surface area (Å²) >= 11 is 0. The molecule has 5 heteroatoms. The molecule has 0 unspecified atom stereocenters. The van der Waals surface area contributed by atoms with Gasteiger partial charge in [-0.15, -0.1) is 0 Å². The lowest BCUT2D eigenvalue weighted by Crippen LogP contribution is -2.40. The Labute approximate surface area is 150 Å². The number of rotatable bonds is 8. The number of hydrogen-bond donors (Lipinski definition) is 2. The molecule has 5 nitrogen and oxygen atoms in total. The molecule has 0 amide bonds. The summed E-state index contributed by atoms with van der Waals surface area (Å²) in [6, 6.07) is 16.0. The summed E-state index contributed by atoms with van der Waals surface area (Å²) in [6.07, 6.45) is 0.867. The van der Waals surface area contributed by atoms with Crippen molar-refractivity contribution in [3.63, 3.8) is 0 Å². The van der Waals surface area contributed by atoms with Crippen LogP contribution in [0.5, 0.6) is 11.5 Å². The van der Waals surface area contributed by atoms with Gasteiger partial charge in [-0.05, 0) is 37.1 Å². The lowest BCUT2D eigenvalue weighted by molar-refractivity contribution is 0.322. The van der Waals surface area contributed by atoms with Gasteiger partial charge in [-0.25, -0.2) is 0 Å². The Morgan fingerprint density at radius 2 is 1.80 bits per heavy atom. The van der Waals surface area contributed by atoms with Gasteiger partial charge in [0.2, 0.25) is 0 Å². The van der Waals surface area contributed by atoms with Crippen LogP contribution in [0.3, 0.4) is 0 Å². The molecule has 0 saturated heterocycles. The van der Waals surface area contributed by atoms with Crippen molar-refractivity contribution >= 4 is 5.96 Å². The molecule has 2 aromatic carbocycles. The average Bonchev–Trinajstić information content (AvgIpc) is 2.64. The monoisotopic (exact) mass is 341 g/mol. The third-order valence-corrected chi connectivity index (χ3v) is 3.75. The van der Waals surface area contributed by atoms with E-state index in [1.807, 2.05) is 36.4 Å². The van der Waals surface area contributed by atoms with Crippen molar-refractivity contribution in [2.75, 3.05) is 33.9 Å². The van der Waals surface area contributed by atoms with Crippen LogP contribution >= 0.6 is 0 Å². The normalized spacial score (nSPS) is 11.1. The zero-order valence-electron chi connectivity index (χ0n) is 15.2. The van der Waals surface area contributed by atoms with Crippen LogP contribution in [-0.4, -0.2) is 39.8 Å². The number of nitrogens with one attached hydrogen (secondary N) is 2. The molecule has 2 aromatic rings. The van der Waals surface area contributed by atoms with E-state index >= 15 is 0 Å². The summed E-state index contributed by atoms with van der Waals surface area (Å²) in [4.78, 5) is 4.23. The first-order chi connectivity index (χ1) is 12.2. The number of methoxy groups -OCH3 is 1. The fourth-order valence-electron chi connectivity index (χ4n) is 2.49. The molecule has 0 saturated carbocycles. The summed E-state index contributed by atoms with van der Waals surface area (Å²) in [6.45, 7) is 4.13. The molecule has 0 atom stereocenters. The first-order valence-corrected chi connectivity index (χ1v) is 8.49. The zero-order valence-corrected chi connectivity index (χ0v) is 15.2. The highest BCUT2D eigenvalue weighted by molar-refractivity contribution is 5.79. The average molecular weight is 341 g/mol. The smallest absolute Gasteiger partial charge is 0.191 e. The summed E-state index contributed by atoms with van der Waals surface area (Å²) in [5.41, 5.74) is 2.43. The Morgan fingerprint density at radius 3 is 2.52 bits per heavy atom. The van der Waals surface area contributed by atoms with Crippen LogP contribution in [0.4, 0.5) is 0 Å². The molecular weight excluding hydrogens is 314 g/mol. The molecule has 0 aliphatic heterocycles. The van der Waals surface area contributed by atoms with Crippen LogP contribution in [0.1, 0.15) is 11.1 Å². The van der Waals surface area contributed by atoms with E-state index in [4.69, 9.17) is 9.47 Å². The lowest BCUT2D eigenvalue weighted by Gasteiger charge is -2.14. The summed E-state index contributed by atoms with van der Waals surface area (Å²) < 4.78 is 11.1. The standard InChI is InChI=1S/C20H27N3O2/c1-16-9-10-19(24-3)17(15-16)11-12-22-20(21-2)23-13-14-25-18-7-5-4-6-8-18/h4-10,15H,11-14H2,1-3H3,(H2,21,22,23). The molecule has 0 aliphatic carbocycles. The molecule has 0 aromatic heterocycles. The van der Waals surface area contributed by atoms with E-state index in [0.29, 0.717) is 13.2 Å². The molecule has 0 aliphatic rings. The van der Waals surface area contributed by atoms with Gasteiger partial charge in [0.25, 0.3) is 0 Å². The van der Waals surface area contributed by atoms with Crippen molar-refractivity contribution in [2.24, 2.45) is 4.99 Å². The Morgan fingerprint density at radius 1 is 1.04 bits per heavy atom. The number of nitrogens with zero attached hydrogens (tertiary/aromatic N) is 1. The van der Waals surface area contributed by atoms with E-state index < -0.39 is 0 Å². The molecule has 0 bridgehead atoms. The van der Waals surface area contributed by atoms with Gasteiger partial charge in [-0.2, -0.15) is 0 Å². The van der Waals surface area contributed by atoms with Crippen molar-refractivity contribution < 1.29 is 9.47 Å². The van der Waals surface area contributed by atoms with Gasteiger partial charge >= 0.3 is 0 Å². The second-order valence-corrected chi connectivity index (χ2v) is 5.65. The second-order valence-electron chi connectivity index (χ2n) is 5.65. The number of ether oxygens (including phenoxy) is 2. The molecule has 0 spiro atoms. The van der Waals surface area contributed by atoms with Crippen molar-refractivity contribution in [3.05, 3.63) is 59.7 Å². The largest absolute Gasteiger partial charge is 0.496 e. The van der Waals surface area contributed by atoms with Crippen LogP contribution in [0.25, 0.3) is 0 Å². The fourth-order valence-corrected chi connectivity index (χ4v) is 2.49. The first-order valence-electron chi connectivity index (χ1n) is 8.49. The maximum absolute atomic E-state index is 5.66. The molecule has 0 heterocycles. The van der Waals surface area contributed by atoms with Gasteiger partial charge in [-0.3, -0.25) is 4.99 Å². The molecular formula is C20H27N3O2. The number of hydrogen-bond acceptors (Lipinski definition) is 3. The van der Waals surface area contributed by atoms with Crippen LogP contribution in [-0.2, 0) is 6.42 Å². The fraction of sp³-hybridized carbons (Fsp3) is 0.350. The maximum Gasteiger partial charge on any atom is 0.191 e.